The number of halogens is 1. The van der Waals surface area contributed by atoms with E-state index in [4.69, 9.17) is 4.74 Å². The van der Waals surface area contributed by atoms with E-state index < -0.39 is 0 Å². The average molecular weight is 395 g/mol. The number of rotatable bonds is 6. The molecular formula is C23H22FNO2S. The van der Waals surface area contributed by atoms with Crippen molar-refractivity contribution in [3.63, 3.8) is 0 Å². The summed E-state index contributed by atoms with van der Waals surface area (Å²) in [6.07, 6.45) is 2.54. The molecule has 0 radical (unpaired) electrons. The molecule has 1 aliphatic heterocycles. The summed E-state index contributed by atoms with van der Waals surface area (Å²) in [5.41, 5.74) is 3.54. The topological polar surface area (TPSA) is 38.3 Å². The molecule has 2 aromatic carbocycles. The van der Waals surface area contributed by atoms with Gasteiger partial charge in [-0.2, -0.15) is 0 Å². The summed E-state index contributed by atoms with van der Waals surface area (Å²) >= 11 is 1.61. The Morgan fingerprint density at radius 3 is 2.79 bits per heavy atom. The molecule has 0 fully saturated rings. The van der Waals surface area contributed by atoms with E-state index in [-0.39, 0.29) is 17.6 Å². The predicted molar refractivity (Wildman–Crippen MR) is 112 cm³/mol. The van der Waals surface area contributed by atoms with Crippen molar-refractivity contribution in [2.45, 2.75) is 32.1 Å². The Morgan fingerprint density at radius 2 is 2.04 bits per heavy atom. The zero-order valence-electron chi connectivity index (χ0n) is 15.7. The second kappa shape index (κ2) is 8.15. The van der Waals surface area contributed by atoms with Crippen LogP contribution in [0, 0.1) is 5.82 Å². The lowest BCUT2D eigenvalue weighted by atomic mass is 9.89. The number of thiophene rings is 1. The fraction of sp³-hybridized carbons (Fsp3) is 0.261. The first-order chi connectivity index (χ1) is 13.7. The van der Waals surface area contributed by atoms with Crippen LogP contribution in [0.3, 0.4) is 0 Å². The van der Waals surface area contributed by atoms with Crippen molar-refractivity contribution in [1.29, 1.82) is 0 Å². The molecule has 0 bridgehead atoms. The van der Waals surface area contributed by atoms with Crippen molar-refractivity contribution >= 4 is 22.9 Å². The van der Waals surface area contributed by atoms with Gasteiger partial charge in [-0.15, -0.1) is 11.3 Å². The van der Waals surface area contributed by atoms with Crippen LogP contribution in [0.2, 0.25) is 0 Å². The Kier molecular flexibility index (Phi) is 5.44. The number of carbonyl (C=O) groups excluding carboxylic acids is 1. The van der Waals surface area contributed by atoms with Crippen LogP contribution in [0.5, 0.6) is 5.75 Å². The van der Waals surface area contributed by atoms with Gasteiger partial charge >= 0.3 is 0 Å². The van der Waals surface area contributed by atoms with Crippen LogP contribution in [0.15, 0.2) is 53.9 Å². The summed E-state index contributed by atoms with van der Waals surface area (Å²) < 4.78 is 19.4. The van der Waals surface area contributed by atoms with Crippen LogP contribution in [-0.4, -0.2) is 12.5 Å². The highest BCUT2D eigenvalue weighted by Gasteiger charge is 2.30. The van der Waals surface area contributed by atoms with E-state index in [1.54, 1.807) is 17.4 Å². The maximum absolute atomic E-state index is 13.7. The van der Waals surface area contributed by atoms with Crippen LogP contribution < -0.4 is 10.1 Å². The van der Waals surface area contributed by atoms with E-state index in [1.165, 1.54) is 12.1 Å². The first-order valence-corrected chi connectivity index (χ1v) is 10.4. The van der Waals surface area contributed by atoms with Gasteiger partial charge in [0.05, 0.1) is 12.3 Å². The molecule has 5 heteroatoms. The quantitative estimate of drug-likeness (QED) is 0.504. The van der Waals surface area contributed by atoms with Crippen molar-refractivity contribution in [3.05, 3.63) is 70.2 Å². The molecule has 1 amide bonds. The lowest BCUT2D eigenvalue weighted by Gasteiger charge is -2.24. The van der Waals surface area contributed by atoms with Crippen LogP contribution >= 0.6 is 11.3 Å². The minimum Gasteiger partial charge on any atom is -0.494 e. The summed E-state index contributed by atoms with van der Waals surface area (Å²) in [4.78, 5) is 13.5. The highest BCUT2D eigenvalue weighted by molar-refractivity contribution is 7.11. The van der Waals surface area contributed by atoms with E-state index in [0.29, 0.717) is 13.0 Å². The third-order valence-corrected chi connectivity index (χ3v) is 6.07. The van der Waals surface area contributed by atoms with E-state index in [1.807, 2.05) is 35.7 Å². The van der Waals surface area contributed by atoms with Gasteiger partial charge in [0.25, 0.3) is 0 Å². The maximum atomic E-state index is 13.7. The second-order valence-corrected chi connectivity index (χ2v) is 7.89. The minimum atomic E-state index is -0.283. The highest BCUT2D eigenvalue weighted by Crippen LogP contribution is 2.46. The molecule has 144 valence electrons. The number of anilines is 1. The molecule has 0 unspecified atom stereocenters. The standard InChI is InChI=1S/C23H22FNO2S/c1-2-3-11-27-18-9-7-15(8-10-18)19-13-21(26)25-22-20(14-28-23(19)22)16-5-4-6-17(24)12-16/h4-10,12,14,19H,2-3,11,13H2,1H3,(H,25,26)/t19-/m0/s1. The SMILES string of the molecule is CCCCOc1ccc([C@@H]2CC(=O)Nc3c(-c4cccc(F)c4)csc32)cc1. The lowest BCUT2D eigenvalue weighted by Crippen LogP contribution is -2.22. The van der Waals surface area contributed by atoms with Gasteiger partial charge in [-0.25, -0.2) is 4.39 Å². The number of unbranched alkanes of at least 4 members (excludes halogenated alkanes) is 1. The van der Waals surface area contributed by atoms with Gasteiger partial charge in [-0.05, 0) is 41.8 Å². The maximum Gasteiger partial charge on any atom is 0.225 e. The summed E-state index contributed by atoms with van der Waals surface area (Å²) in [5.74, 6) is 0.552. The lowest BCUT2D eigenvalue weighted by molar-refractivity contribution is -0.116. The largest absolute Gasteiger partial charge is 0.494 e. The molecule has 0 spiro atoms. The Labute approximate surface area is 168 Å². The van der Waals surface area contributed by atoms with Crippen LogP contribution in [0.4, 0.5) is 10.1 Å². The van der Waals surface area contributed by atoms with Gasteiger partial charge in [0, 0.05) is 28.2 Å². The first-order valence-electron chi connectivity index (χ1n) is 9.55. The zero-order valence-corrected chi connectivity index (χ0v) is 16.5. The number of benzene rings is 2. The minimum absolute atomic E-state index is 0.000695. The third-order valence-electron chi connectivity index (χ3n) is 4.97. The van der Waals surface area contributed by atoms with Crippen LogP contribution in [0.25, 0.3) is 11.1 Å². The number of fused-ring (bicyclic) bond motifs is 1. The third kappa shape index (κ3) is 3.80. The monoisotopic (exact) mass is 395 g/mol. The van der Waals surface area contributed by atoms with Gasteiger partial charge in [0.1, 0.15) is 11.6 Å². The predicted octanol–water partition coefficient (Wildman–Crippen LogP) is 6.21. The summed E-state index contributed by atoms with van der Waals surface area (Å²) in [5, 5.41) is 5.00. The fourth-order valence-corrected chi connectivity index (χ4v) is 4.66. The number of amides is 1. The Morgan fingerprint density at radius 1 is 1.21 bits per heavy atom. The molecule has 28 heavy (non-hydrogen) atoms. The molecular weight excluding hydrogens is 373 g/mol. The number of ether oxygens (including phenoxy) is 1. The van der Waals surface area contributed by atoms with Gasteiger partial charge in [-0.3, -0.25) is 4.79 Å². The van der Waals surface area contributed by atoms with Crippen molar-refractivity contribution in [2.75, 3.05) is 11.9 Å². The van der Waals surface area contributed by atoms with Crippen molar-refractivity contribution in [2.24, 2.45) is 0 Å². The molecule has 1 aliphatic rings. The average Bonchev–Trinajstić information content (AvgIpc) is 3.12. The molecule has 3 nitrogen and oxygen atoms in total. The van der Waals surface area contributed by atoms with Crippen molar-refractivity contribution in [1.82, 2.24) is 0 Å². The smallest absolute Gasteiger partial charge is 0.225 e. The van der Waals surface area contributed by atoms with E-state index in [9.17, 15) is 9.18 Å². The number of nitrogens with one attached hydrogen (secondary N) is 1. The second-order valence-electron chi connectivity index (χ2n) is 6.97. The van der Waals surface area contributed by atoms with Crippen LogP contribution in [-0.2, 0) is 4.79 Å². The van der Waals surface area contributed by atoms with Gasteiger partial charge < -0.3 is 10.1 Å². The molecule has 1 aromatic heterocycles. The van der Waals surface area contributed by atoms with Gasteiger partial charge in [0.15, 0.2) is 0 Å². The molecule has 0 saturated heterocycles. The zero-order chi connectivity index (χ0) is 19.5. The highest BCUT2D eigenvalue weighted by atomic mass is 32.1. The van der Waals surface area contributed by atoms with Gasteiger partial charge in [-0.1, -0.05) is 37.6 Å². The van der Waals surface area contributed by atoms with Gasteiger partial charge in [0.2, 0.25) is 5.91 Å². The van der Waals surface area contributed by atoms with E-state index in [2.05, 4.69) is 12.2 Å². The number of hydrogen-bond donors (Lipinski definition) is 1. The Hall–Kier alpha value is -2.66. The summed E-state index contributed by atoms with van der Waals surface area (Å²) in [7, 11) is 0. The molecule has 2 heterocycles. The number of carbonyl (C=O) groups is 1. The van der Waals surface area contributed by atoms with Crippen molar-refractivity contribution < 1.29 is 13.9 Å². The molecule has 1 atom stereocenters. The first kappa shape index (κ1) is 18.7. The molecule has 3 aromatic rings. The normalized spacial score (nSPS) is 15.8. The van der Waals surface area contributed by atoms with Crippen LogP contribution in [0.1, 0.15) is 42.5 Å². The van der Waals surface area contributed by atoms with Crippen molar-refractivity contribution in [3.8, 4) is 16.9 Å². The summed E-state index contributed by atoms with van der Waals surface area (Å²) in [6, 6.07) is 14.5. The Balaban J connectivity index is 1.63. The molecule has 4 rings (SSSR count). The van der Waals surface area contributed by atoms with E-state index >= 15 is 0 Å². The molecule has 0 aliphatic carbocycles. The van der Waals surface area contributed by atoms with E-state index in [0.717, 1.165) is 45.8 Å². The molecule has 1 N–H and O–H groups in total. The fourth-order valence-electron chi connectivity index (χ4n) is 3.50. The number of hydrogen-bond acceptors (Lipinski definition) is 3. The Bertz CT molecular complexity index is 981. The summed E-state index contributed by atoms with van der Waals surface area (Å²) in [6.45, 7) is 2.85. The molecule has 0 saturated carbocycles.